The molecule has 0 atom stereocenters. The van der Waals surface area contributed by atoms with Crippen molar-refractivity contribution in [1.29, 1.82) is 0 Å². The SMILES string of the molecule is C=C1C(c2ccccc2F)=CC(=O)N1c1cccc(Cl)c1. The van der Waals surface area contributed by atoms with Crippen LogP contribution in [0, 0.1) is 5.82 Å². The number of anilines is 1. The Kier molecular flexibility index (Phi) is 3.35. The summed E-state index contributed by atoms with van der Waals surface area (Å²) in [6, 6.07) is 13.2. The van der Waals surface area contributed by atoms with E-state index in [1.54, 1.807) is 42.5 Å². The molecule has 2 aromatic rings. The van der Waals surface area contributed by atoms with Gasteiger partial charge in [0.05, 0.1) is 11.4 Å². The molecule has 0 aromatic heterocycles. The van der Waals surface area contributed by atoms with E-state index in [-0.39, 0.29) is 11.7 Å². The Morgan fingerprint density at radius 3 is 2.57 bits per heavy atom. The van der Waals surface area contributed by atoms with Crippen LogP contribution in [-0.2, 0) is 4.79 Å². The van der Waals surface area contributed by atoms with Gasteiger partial charge in [-0.15, -0.1) is 0 Å². The predicted octanol–water partition coefficient (Wildman–Crippen LogP) is 4.42. The molecule has 0 fully saturated rings. The predicted molar refractivity (Wildman–Crippen MR) is 82.5 cm³/mol. The van der Waals surface area contributed by atoms with Crippen molar-refractivity contribution in [2.75, 3.05) is 4.90 Å². The molecule has 2 nitrogen and oxygen atoms in total. The molecule has 104 valence electrons. The second-order valence-corrected chi connectivity index (χ2v) is 5.07. The molecule has 0 unspecified atom stereocenters. The minimum atomic E-state index is -0.384. The highest BCUT2D eigenvalue weighted by molar-refractivity contribution is 6.31. The fourth-order valence-electron chi connectivity index (χ4n) is 2.34. The van der Waals surface area contributed by atoms with Crippen LogP contribution in [0.5, 0.6) is 0 Å². The molecule has 0 aliphatic carbocycles. The molecule has 1 amide bonds. The van der Waals surface area contributed by atoms with Crippen molar-refractivity contribution in [3.63, 3.8) is 0 Å². The monoisotopic (exact) mass is 299 g/mol. The molecule has 3 rings (SSSR count). The Labute approximate surface area is 126 Å². The smallest absolute Gasteiger partial charge is 0.256 e. The van der Waals surface area contributed by atoms with Crippen LogP contribution in [0.2, 0.25) is 5.02 Å². The lowest BCUT2D eigenvalue weighted by Crippen LogP contribution is -2.22. The van der Waals surface area contributed by atoms with Crippen LogP contribution in [-0.4, -0.2) is 5.91 Å². The van der Waals surface area contributed by atoms with E-state index in [1.165, 1.54) is 17.0 Å². The highest BCUT2D eigenvalue weighted by atomic mass is 35.5. The van der Waals surface area contributed by atoms with E-state index < -0.39 is 0 Å². The quantitative estimate of drug-likeness (QED) is 0.803. The first kappa shape index (κ1) is 13.6. The molecular formula is C17H11ClFNO. The van der Waals surface area contributed by atoms with Gasteiger partial charge in [0.2, 0.25) is 0 Å². The maximum atomic E-state index is 13.9. The third-order valence-electron chi connectivity index (χ3n) is 3.30. The summed E-state index contributed by atoms with van der Waals surface area (Å²) in [6.45, 7) is 3.92. The first-order chi connectivity index (χ1) is 10.1. The number of carbonyl (C=O) groups excluding carboxylic acids is 1. The lowest BCUT2D eigenvalue weighted by Gasteiger charge is -2.19. The van der Waals surface area contributed by atoms with Crippen LogP contribution >= 0.6 is 11.6 Å². The van der Waals surface area contributed by atoms with Gasteiger partial charge in [0.15, 0.2) is 0 Å². The zero-order chi connectivity index (χ0) is 15.0. The number of hydrogen-bond acceptors (Lipinski definition) is 1. The molecule has 1 heterocycles. The first-order valence-corrected chi connectivity index (χ1v) is 6.71. The fourth-order valence-corrected chi connectivity index (χ4v) is 2.52. The van der Waals surface area contributed by atoms with Crippen molar-refractivity contribution in [1.82, 2.24) is 0 Å². The highest BCUT2D eigenvalue weighted by Gasteiger charge is 2.29. The van der Waals surface area contributed by atoms with Gasteiger partial charge < -0.3 is 0 Å². The van der Waals surface area contributed by atoms with Gasteiger partial charge in [-0.05, 0) is 24.3 Å². The zero-order valence-corrected chi connectivity index (χ0v) is 11.8. The Morgan fingerprint density at radius 2 is 1.86 bits per heavy atom. The maximum Gasteiger partial charge on any atom is 0.256 e. The normalized spacial score (nSPS) is 14.6. The molecule has 0 saturated carbocycles. The topological polar surface area (TPSA) is 20.3 Å². The summed E-state index contributed by atoms with van der Waals surface area (Å²) in [4.78, 5) is 13.6. The number of hydrogen-bond donors (Lipinski definition) is 0. The summed E-state index contributed by atoms with van der Waals surface area (Å²) in [5.41, 5.74) is 1.89. The molecule has 0 saturated heterocycles. The summed E-state index contributed by atoms with van der Waals surface area (Å²) in [7, 11) is 0. The van der Waals surface area contributed by atoms with Crippen molar-refractivity contribution in [2.45, 2.75) is 0 Å². The van der Waals surface area contributed by atoms with Crippen LogP contribution in [0.1, 0.15) is 5.56 Å². The maximum absolute atomic E-state index is 13.9. The molecule has 2 aromatic carbocycles. The van der Waals surface area contributed by atoms with E-state index in [0.717, 1.165) is 0 Å². The third kappa shape index (κ3) is 2.36. The van der Waals surface area contributed by atoms with Crippen molar-refractivity contribution < 1.29 is 9.18 Å². The van der Waals surface area contributed by atoms with E-state index in [0.29, 0.717) is 27.5 Å². The van der Waals surface area contributed by atoms with Crippen LogP contribution in [0.3, 0.4) is 0 Å². The lowest BCUT2D eigenvalue weighted by molar-refractivity contribution is -0.113. The molecule has 0 spiro atoms. The number of rotatable bonds is 2. The van der Waals surface area contributed by atoms with E-state index in [2.05, 4.69) is 6.58 Å². The average Bonchev–Trinajstić information content (AvgIpc) is 2.74. The summed E-state index contributed by atoms with van der Waals surface area (Å²) in [5, 5.41) is 0.521. The zero-order valence-electron chi connectivity index (χ0n) is 11.0. The van der Waals surface area contributed by atoms with Gasteiger partial charge in [-0.1, -0.05) is 42.4 Å². The van der Waals surface area contributed by atoms with Crippen molar-refractivity contribution >= 4 is 28.8 Å². The molecule has 1 aliphatic rings. The largest absolute Gasteiger partial charge is 0.277 e. The van der Waals surface area contributed by atoms with Gasteiger partial charge in [0, 0.05) is 22.2 Å². The van der Waals surface area contributed by atoms with E-state index >= 15 is 0 Å². The summed E-state index contributed by atoms with van der Waals surface area (Å²) in [5.74, 6) is -0.647. The minimum Gasteiger partial charge on any atom is -0.277 e. The highest BCUT2D eigenvalue weighted by Crippen LogP contribution is 2.36. The van der Waals surface area contributed by atoms with Gasteiger partial charge in [0.25, 0.3) is 5.91 Å². The van der Waals surface area contributed by atoms with Crippen LogP contribution in [0.15, 0.2) is 66.9 Å². The number of halogens is 2. The van der Waals surface area contributed by atoms with Gasteiger partial charge in [-0.25, -0.2) is 4.39 Å². The van der Waals surface area contributed by atoms with E-state index in [4.69, 9.17) is 11.6 Å². The molecule has 21 heavy (non-hydrogen) atoms. The molecule has 0 N–H and O–H groups in total. The number of carbonyl (C=O) groups is 1. The van der Waals surface area contributed by atoms with Crippen molar-refractivity contribution in [3.8, 4) is 0 Å². The molecule has 4 heteroatoms. The van der Waals surface area contributed by atoms with Crippen LogP contribution < -0.4 is 4.90 Å². The molecule has 0 bridgehead atoms. The van der Waals surface area contributed by atoms with Crippen molar-refractivity contribution in [3.05, 3.63) is 83.3 Å². The summed E-state index contributed by atoms with van der Waals surface area (Å²) in [6.07, 6.45) is 1.39. The number of nitrogens with zero attached hydrogens (tertiary/aromatic N) is 1. The number of allylic oxidation sites excluding steroid dienone is 1. The van der Waals surface area contributed by atoms with Gasteiger partial charge in [0.1, 0.15) is 5.82 Å². The van der Waals surface area contributed by atoms with Gasteiger partial charge >= 0.3 is 0 Å². The summed E-state index contributed by atoms with van der Waals surface area (Å²) >= 11 is 5.95. The number of benzene rings is 2. The number of amides is 1. The first-order valence-electron chi connectivity index (χ1n) is 6.33. The van der Waals surface area contributed by atoms with Crippen LogP contribution in [0.4, 0.5) is 10.1 Å². The second kappa shape index (κ2) is 5.19. The Balaban J connectivity index is 2.02. The Hall–Kier alpha value is -2.39. The lowest BCUT2D eigenvalue weighted by atomic mass is 10.0. The van der Waals surface area contributed by atoms with E-state index in [9.17, 15) is 9.18 Å². The molecule has 1 aliphatic heterocycles. The minimum absolute atomic E-state index is 0.263. The Morgan fingerprint density at radius 1 is 1.10 bits per heavy atom. The fraction of sp³-hybridized carbons (Fsp3) is 0. The van der Waals surface area contributed by atoms with E-state index in [1.807, 2.05) is 0 Å². The van der Waals surface area contributed by atoms with Crippen molar-refractivity contribution in [2.24, 2.45) is 0 Å². The molecule has 0 radical (unpaired) electrons. The Bertz CT molecular complexity index is 782. The average molecular weight is 300 g/mol. The second-order valence-electron chi connectivity index (χ2n) is 4.64. The standard InChI is InChI=1S/C17H11ClFNO/c1-11-15(14-7-2-3-8-16(14)19)10-17(21)20(11)13-6-4-5-12(18)9-13/h2-10H,1H2. The molecular weight excluding hydrogens is 289 g/mol. The summed E-state index contributed by atoms with van der Waals surface area (Å²) < 4.78 is 13.9. The van der Waals surface area contributed by atoms with Gasteiger partial charge in [-0.3, -0.25) is 9.69 Å². The van der Waals surface area contributed by atoms with Crippen LogP contribution in [0.25, 0.3) is 5.57 Å². The third-order valence-corrected chi connectivity index (χ3v) is 3.53. The van der Waals surface area contributed by atoms with Gasteiger partial charge in [-0.2, -0.15) is 0 Å².